The highest BCUT2D eigenvalue weighted by Gasteiger charge is 2.14. The van der Waals surface area contributed by atoms with Gasteiger partial charge in [0.2, 0.25) is 0 Å². The van der Waals surface area contributed by atoms with Crippen LogP contribution in [0.4, 0.5) is 0 Å². The van der Waals surface area contributed by atoms with E-state index in [4.69, 9.17) is 0 Å². The fourth-order valence-corrected chi connectivity index (χ4v) is 3.12. The number of halogens is 1. The van der Waals surface area contributed by atoms with Gasteiger partial charge < -0.3 is 5.32 Å². The molecule has 1 unspecified atom stereocenters. The van der Waals surface area contributed by atoms with Crippen LogP contribution in [0.1, 0.15) is 33.9 Å². The molecule has 0 aliphatic rings. The molecule has 1 aromatic carbocycles. The summed E-state index contributed by atoms with van der Waals surface area (Å²) in [5, 5.41) is 3.40. The molecular formula is C17H21BrN2. The van der Waals surface area contributed by atoms with E-state index in [1.165, 1.54) is 27.8 Å². The lowest BCUT2D eigenvalue weighted by Gasteiger charge is -2.20. The van der Waals surface area contributed by atoms with E-state index in [0.29, 0.717) is 0 Å². The lowest BCUT2D eigenvalue weighted by molar-refractivity contribution is 0.586. The summed E-state index contributed by atoms with van der Waals surface area (Å²) < 4.78 is 1.02. The van der Waals surface area contributed by atoms with Gasteiger partial charge in [0.05, 0.1) is 0 Å². The van der Waals surface area contributed by atoms with E-state index in [9.17, 15) is 0 Å². The summed E-state index contributed by atoms with van der Waals surface area (Å²) >= 11 is 3.49. The molecular weight excluding hydrogens is 312 g/mol. The van der Waals surface area contributed by atoms with Crippen molar-refractivity contribution in [2.45, 2.75) is 33.2 Å². The van der Waals surface area contributed by atoms with Crippen molar-refractivity contribution in [1.29, 1.82) is 0 Å². The number of pyridine rings is 1. The molecule has 1 heterocycles. The number of likely N-dealkylation sites (N-methyl/N-ethyl adjacent to an activating group) is 1. The summed E-state index contributed by atoms with van der Waals surface area (Å²) in [5.41, 5.74) is 6.70. The number of hydrogen-bond donors (Lipinski definition) is 1. The minimum Gasteiger partial charge on any atom is -0.313 e. The molecule has 2 rings (SSSR count). The van der Waals surface area contributed by atoms with Crippen LogP contribution in [-0.2, 0) is 6.42 Å². The third kappa shape index (κ3) is 3.47. The molecule has 20 heavy (non-hydrogen) atoms. The predicted molar refractivity (Wildman–Crippen MR) is 88.1 cm³/mol. The first-order chi connectivity index (χ1) is 9.51. The van der Waals surface area contributed by atoms with Crippen LogP contribution < -0.4 is 5.32 Å². The molecule has 0 fully saturated rings. The molecule has 1 atom stereocenters. The third-order valence-electron chi connectivity index (χ3n) is 3.73. The lowest BCUT2D eigenvalue weighted by atomic mass is 9.92. The number of hydrogen-bond acceptors (Lipinski definition) is 2. The maximum Gasteiger partial charge on any atom is 0.0410 e. The van der Waals surface area contributed by atoms with Gasteiger partial charge in [-0.2, -0.15) is 0 Å². The van der Waals surface area contributed by atoms with Crippen LogP contribution in [0.5, 0.6) is 0 Å². The molecule has 3 heteroatoms. The maximum atomic E-state index is 4.27. The quantitative estimate of drug-likeness (QED) is 0.904. The highest BCUT2D eigenvalue weighted by Crippen LogP contribution is 2.25. The van der Waals surface area contributed by atoms with Gasteiger partial charge in [0.15, 0.2) is 0 Å². The second-order valence-corrected chi connectivity index (χ2v) is 6.27. The fourth-order valence-electron chi connectivity index (χ4n) is 2.74. The second kappa shape index (κ2) is 6.51. The number of rotatable bonds is 4. The molecule has 0 radical (unpaired) electrons. The molecule has 106 valence electrons. The van der Waals surface area contributed by atoms with Gasteiger partial charge >= 0.3 is 0 Å². The highest BCUT2D eigenvalue weighted by atomic mass is 79.9. The molecule has 1 aromatic heterocycles. The summed E-state index contributed by atoms with van der Waals surface area (Å²) in [6, 6.07) is 6.93. The van der Waals surface area contributed by atoms with Crippen LogP contribution in [0.3, 0.4) is 0 Å². The molecule has 0 aliphatic carbocycles. The molecule has 0 amide bonds. The first-order valence-corrected chi connectivity index (χ1v) is 7.65. The Kier molecular flexibility index (Phi) is 4.95. The van der Waals surface area contributed by atoms with Gasteiger partial charge in [0, 0.05) is 22.9 Å². The number of nitrogens with one attached hydrogen (secondary N) is 1. The SMILES string of the molecule is CNC(Cc1c(C)cc(C)cc1C)c1cncc(Br)c1. The molecule has 0 saturated carbocycles. The lowest BCUT2D eigenvalue weighted by Crippen LogP contribution is -2.20. The largest absolute Gasteiger partial charge is 0.313 e. The van der Waals surface area contributed by atoms with Crippen molar-refractivity contribution in [1.82, 2.24) is 10.3 Å². The number of aromatic nitrogens is 1. The van der Waals surface area contributed by atoms with E-state index >= 15 is 0 Å². The van der Waals surface area contributed by atoms with Crippen molar-refractivity contribution in [3.05, 3.63) is 62.9 Å². The van der Waals surface area contributed by atoms with Crippen LogP contribution in [0, 0.1) is 20.8 Å². The van der Waals surface area contributed by atoms with Gasteiger partial charge in [-0.3, -0.25) is 4.98 Å². The van der Waals surface area contributed by atoms with Gasteiger partial charge in [-0.1, -0.05) is 17.7 Å². The minimum atomic E-state index is 0.278. The second-order valence-electron chi connectivity index (χ2n) is 5.36. The Balaban J connectivity index is 2.32. The average Bonchev–Trinajstić information content (AvgIpc) is 2.38. The first-order valence-electron chi connectivity index (χ1n) is 6.85. The van der Waals surface area contributed by atoms with Gasteiger partial charge in [-0.05, 0) is 78.5 Å². The van der Waals surface area contributed by atoms with Crippen molar-refractivity contribution in [2.75, 3.05) is 7.05 Å². The Labute approximate surface area is 129 Å². The van der Waals surface area contributed by atoms with E-state index in [1.807, 2.05) is 19.4 Å². The van der Waals surface area contributed by atoms with E-state index in [1.54, 1.807) is 0 Å². The minimum absolute atomic E-state index is 0.278. The van der Waals surface area contributed by atoms with Crippen LogP contribution in [0.15, 0.2) is 35.1 Å². The smallest absolute Gasteiger partial charge is 0.0410 e. The van der Waals surface area contributed by atoms with Gasteiger partial charge in [0.1, 0.15) is 0 Å². The number of nitrogens with zero attached hydrogens (tertiary/aromatic N) is 1. The standard InChI is InChI=1S/C17H21BrN2/c1-11-5-12(2)16(13(3)6-11)8-17(19-4)14-7-15(18)10-20-9-14/h5-7,9-10,17,19H,8H2,1-4H3. The molecule has 0 bridgehead atoms. The van der Waals surface area contributed by atoms with Crippen LogP contribution in [0.2, 0.25) is 0 Å². The Morgan fingerprint density at radius 3 is 2.30 bits per heavy atom. The summed E-state index contributed by atoms with van der Waals surface area (Å²) in [6.07, 6.45) is 4.73. The Morgan fingerprint density at radius 2 is 1.75 bits per heavy atom. The zero-order valence-electron chi connectivity index (χ0n) is 12.5. The Morgan fingerprint density at radius 1 is 1.10 bits per heavy atom. The number of aryl methyl sites for hydroxylation is 3. The Bertz CT molecular complexity index is 585. The molecule has 0 saturated heterocycles. The van der Waals surface area contributed by atoms with Gasteiger partial charge in [-0.25, -0.2) is 0 Å². The van der Waals surface area contributed by atoms with Crippen LogP contribution in [0.25, 0.3) is 0 Å². The fraction of sp³-hybridized carbons (Fsp3) is 0.353. The average molecular weight is 333 g/mol. The molecule has 0 aliphatic heterocycles. The van der Waals surface area contributed by atoms with Gasteiger partial charge in [-0.15, -0.1) is 0 Å². The molecule has 1 N–H and O–H groups in total. The monoisotopic (exact) mass is 332 g/mol. The zero-order valence-corrected chi connectivity index (χ0v) is 14.1. The van der Waals surface area contributed by atoms with Gasteiger partial charge in [0.25, 0.3) is 0 Å². The van der Waals surface area contributed by atoms with Crippen molar-refractivity contribution >= 4 is 15.9 Å². The maximum absolute atomic E-state index is 4.27. The predicted octanol–water partition coefficient (Wildman–Crippen LogP) is 4.27. The van der Waals surface area contributed by atoms with Crippen molar-refractivity contribution in [2.24, 2.45) is 0 Å². The van der Waals surface area contributed by atoms with Crippen molar-refractivity contribution < 1.29 is 0 Å². The third-order valence-corrected chi connectivity index (χ3v) is 4.16. The summed E-state index contributed by atoms with van der Waals surface area (Å²) in [7, 11) is 2.00. The van der Waals surface area contributed by atoms with E-state index in [2.05, 4.69) is 65.2 Å². The van der Waals surface area contributed by atoms with Crippen LogP contribution in [-0.4, -0.2) is 12.0 Å². The number of benzene rings is 1. The van der Waals surface area contributed by atoms with E-state index < -0.39 is 0 Å². The van der Waals surface area contributed by atoms with E-state index in [-0.39, 0.29) is 6.04 Å². The highest BCUT2D eigenvalue weighted by molar-refractivity contribution is 9.10. The first kappa shape index (κ1) is 15.2. The molecule has 2 nitrogen and oxygen atoms in total. The molecule has 2 aromatic rings. The van der Waals surface area contributed by atoms with Crippen molar-refractivity contribution in [3.8, 4) is 0 Å². The zero-order chi connectivity index (χ0) is 14.7. The summed E-state index contributed by atoms with van der Waals surface area (Å²) in [5.74, 6) is 0. The topological polar surface area (TPSA) is 24.9 Å². The van der Waals surface area contributed by atoms with E-state index in [0.717, 1.165) is 10.9 Å². The summed E-state index contributed by atoms with van der Waals surface area (Å²) in [6.45, 7) is 6.54. The van der Waals surface area contributed by atoms with Crippen LogP contribution >= 0.6 is 15.9 Å². The molecule has 0 spiro atoms. The van der Waals surface area contributed by atoms with Crippen molar-refractivity contribution in [3.63, 3.8) is 0 Å². The summed E-state index contributed by atoms with van der Waals surface area (Å²) in [4.78, 5) is 4.27. The Hall–Kier alpha value is -1.19. The normalized spacial score (nSPS) is 12.4.